The molecule has 0 radical (unpaired) electrons. The second kappa shape index (κ2) is 5.92. The molecule has 8 heteroatoms. The van der Waals surface area contributed by atoms with Crippen LogP contribution in [0.2, 0.25) is 0 Å². The highest BCUT2D eigenvalue weighted by Crippen LogP contribution is 2.35. The standard InChI is InChI=1S/C16H16FN5O2/c1-10-19-15(24-21-10)16(20-11(2)23)5-6-22(9-16)14-4-3-12(8-18)7-13(14)17/h3-4,7H,5-6,9H2,1-2H3,(H,20,23). The molecule has 1 unspecified atom stereocenters. The normalized spacial score (nSPS) is 20.0. The SMILES string of the molecule is CC(=O)NC1(c2nc(C)no2)CCN(c2ccc(C#N)cc2F)C1. The highest BCUT2D eigenvalue weighted by Gasteiger charge is 2.45. The van der Waals surface area contributed by atoms with Gasteiger partial charge in [0.2, 0.25) is 5.91 Å². The average Bonchev–Trinajstić information content (AvgIpc) is 3.14. The van der Waals surface area contributed by atoms with Gasteiger partial charge in [-0.2, -0.15) is 10.2 Å². The molecular formula is C16H16FN5O2. The number of anilines is 1. The fourth-order valence-electron chi connectivity index (χ4n) is 3.01. The van der Waals surface area contributed by atoms with Crippen LogP contribution in [-0.2, 0) is 10.3 Å². The molecule has 3 rings (SSSR count). The van der Waals surface area contributed by atoms with Crippen LogP contribution in [0.15, 0.2) is 22.7 Å². The zero-order valence-corrected chi connectivity index (χ0v) is 13.3. The molecule has 0 spiro atoms. The van der Waals surface area contributed by atoms with Gasteiger partial charge in [-0.05, 0) is 31.5 Å². The van der Waals surface area contributed by atoms with Gasteiger partial charge in [0.1, 0.15) is 11.4 Å². The number of hydrogen-bond acceptors (Lipinski definition) is 6. The summed E-state index contributed by atoms with van der Waals surface area (Å²) in [5.74, 6) is 0.0758. The zero-order valence-electron chi connectivity index (χ0n) is 13.3. The van der Waals surface area contributed by atoms with Gasteiger partial charge < -0.3 is 14.7 Å². The zero-order chi connectivity index (χ0) is 17.3. The molecule has 124 valence electrons. The number of nitriles is 1. The minimum atomic E-state index is -0.854. The van der Waals surface area contributed by atoms with Gasteiger partial charge in [0.05, 0.1) is 23.9 Å². The van der Waals surface area contributed by atoms with Crippen LogP contribution in [0.3, 0.4) is 0 Å². The van der Waals surface area contributed by atoms with Gasteiger partial charge in [0, 0.05) is 13.5 Å². The van der Waals surface area contributed by atoms with Gasteiger partial charge in [-0.15, -0.1) is 0 Å². The number of halogens is 1. The molecule has 1 aliphatic rings. The summed E-state index contributed by atoms with van der Waals surface area (Å²) in [4.78, 5) is 17.7. The van der Waals surface area contributed by atoms with Crippen LogP contribution in [-0.4, -0.2) is 29.1 Å². The van der Waals surface area contributed by atoms with E-state index in [1.54, 1.807) is 24.0 Å². The quantitative estimate of drug-likeness (QED) is 0.919. The topological polar surface area (TPSA) is 95.1 Å². The van der Waals surface area contributed by atoms with E-state index in [1.165, 1.54) is 13.0 Å². The number of amides is 1. The smallest absolute Gasteiger partial charge is 0.254 e. The van der Waals surface area contributed by atoms with Crippen molar-refractivity contribution in [3.05, 3.63) is 41.3 Å². The first kappa shape index (κ1) is 15.9. The largest absolute Gasteiger partial charge is 0.366 e. The Labute approximate surface area is 138 Å². The van der Waals surface area contributed by atoms with Crippen molar-refractivity contribution in [2.24, 2.45) is 0 Å². The van der Waals surface area contributed by atoms with E-state index in [2.05, 4.69) is 15.5 Å². The maximum absolute atomic E-state index is 14.3. The Bertz CT molecular complexity index is 828. The van der Waals surface area contributed by atoms with Gasteiger partial charge in [0.25, 0.3) is 5.89 Å². The van der Waals surface area contributed by atoms with Crippen molar-refractivity contribution in [2.75, 3.05) is 18.0 Å². The lowest BCUT2D eigenvalue weighted by Crippen LogP contribution is -2.47. The number of carbonyl (C=O) groups excluding carboxylic acids is 1. The van der Waals surface area contributed by atoms with E-state index in [1.807, 2.05) is 6.07 Å². The molecule has 1 aromatic heterocycles. The first-order valence-electron chi connectivity index (χ1n) is 7.48. The van der Waals surface area contributed by atoms with Crippen LogP contribution in [0, 0.1) is 24.1 Å². The molecule has 24 heavy (non-hydrogen) atoms. The van der Waals surface area contributed by atoms with Gasteiger partial charge in [-0.1, -0.05) is 5.16 Å². The lowest BCUT2D eigenvalue weighted by Gasteiger charge is -2.27. The van der Waals surface area contributed by atoms with Crippen molar-refractivity contribution in [1.82, 2.24) is 15.5 Å². The van der Waals surface area contributed by atoms with Crippen molar-refractivity contribution in [1.29, 1.82) is 5.26 Å². The molecule has 1 saturated heterocycles. The van der Waals surface area contributed by atoms with E-state index >= 15 is 0 Å². The van der Waals surface area contributed by atoms with Crippen LogP contribution in [0.4, 0.5) is 10.1 Å². The molecule has 1 N–H and O–H groups in total. The van der Waals surface area contributed by atoms with E-state index in [0.717, 1.165) is 0 Å². The fourth-order valence-corrected chi connectivity index (χ4v) is 3.01. The van der Waals surface area contributed by atoms with Crippen LogP contribution in [0.1, 0.15) is 30.6 Å². The summed E-state index contributed by atoms with van der Waals surface area (Å²) >= 11 is 0. The molecule has 7 nitrogen and oxygen atoms in total. The molecule has 1 aromatic carbocycles. The van der Waals surface area contributed by atoms with Gasteiger partial charge in [-0.25, -0.2) is 4.39 Å². The average molecular weight is 329 g/mol. The highest BCUT2D eigenvalue weighted by molar-refractivity contribution is 5.74. The molecule has 2 aromatic rings. The van der Waals surface area contributed by atoms with Gasteiger partial charge in [-0.3, -0.25) is 4.79 Å². The molecule has 1 fully saturated rings. The maximum Gasteiger partial charge on any atom is 0.254 e. The Balaban J connectivity index is 1.93. The molecule has 0 bridgehead atoms. The number of nitrogens with one attached hydrogen (secondary N) is 1. The number of aryl methyl sites for hydroxylation is 1. The molecule has 1 aliphatic heterocycles. The summed E-state index contributed by atoms with van der Waals surface area (Å²) in [6, 6.07) is 6.24. The Hall–Kier alpha value is -2.95. The van der Waals surface area contributed by atoms with Gasteiger partial charge >= 0.3 is 0 Å². The third-order valence-corrected chi connectivity index (χ3v) is 4.04. The molecular weight excluding hydrogens is 313 g/mol. The predicted molar refractivity (Wildman–Crippen MR) is 82.5 cm³/mol. The van der Waals surface area contributed by atoms with Crippen molar-refractivity contribution in [3.8, 4) is 6.07 Å². The summed E-state index contributed by atoms with van der Waals surface area (Å²) in [5, 5.41) is 15.5. The first-order chi connectivity index (χ1) is 11.4. The Morgan fingerprint density at radius 3 is 2.92 bits per heavy atom. The highest BCUT2D eigenvalue weighted by atomic mass is 19.1. The van der Waals surface area contributed by atoms with Crippen LogP contribution < -0.4 is 10.2 Å². The van der Waals surface area contributed by atoms with Crippen molar-refractivity contribution < 1.29 is 13.7 Å². The monoisotopic (exact) mass is 329 g/mol. The van der Waals surface area contributed by atoms with E-state index in [4.69, 9.17) is 9.78 Å². The van der Waals surface area contributed by atoms with Crippen LogP contribution in [0.5, 0.6) is 0 Å². The summed E-state index contributed by atoms with van der Waals surface area (Å²) in [5.41, 5.74) is -0.221. The van der Waals surface area contributed by atoms with Crippen LogP contribution >= 0.6 is 0 Å². The molecule has 0 saturated carbocycles. The number of rotatable bonds is 3. The number of hydrogen-bond donors (Lipinski definition) is 1. The number of aromatic nitrogens is 2. The summed E-state index contributed by atoms with van der Waals surface area (Å²) < 4.78 is 19.5. The number of nitrogens with zero attached hydrogens (tertiary/aromatic N) is 4. The first-order valence-corrected chi connectivity index (χ1v) is 7.48. The molecule has 0 aliphatic carbocycles. The summed E-state index contributed by atoms with van der Waals surface area (Å²) in [7, 11) is 0. The summed E-state index contributed by atoms with van der Waals surface area (Å²) in [6.07, 6.45) is 0.508. The van der Waals surface area contributed by atoms with Crippen molar-refractivity contribution in [2.45, 2.75) is 25.8 Å². The Morgan fingerprint density at radius 1 is 1.54 bits per heavy atom. The third kappa shape index (κ3) is 2.80. The summed E-state index contributed by atoms with van der Waals surface area (Å²) in [6.45, 7) is 3.92. The maximum atomic E-state index is 14.3. The van der Waals surface area contributed by atoms with Crippen molar-refractivity contribution >= 4 is 11.6 Å². The third-order valence-electron chi connectivity index (χ3n) is 4.04. The van der Waals surface area contributed by atoms with Crippen molar-refractivity contribution in [3.63, 3.8) is 0 Å². The van der Waals surface area contributed by atoms with E-state index in [0.29, 0.717) is 36.9 Å². The molecule has 1 amide bonds. The van der Waals surface area contributed by atoms with Crippen LogP contribution in [0.25, 0.3) is 0 Å². The minimum Gasteiger partial charge on any atom is -0.366 e. The fraction of sp³-hybridized carbons (Fsp3) is 0.375. The second-order valence-electron chi connectivity index (χ2n) is 5.86. The van der Waals surface area contributed by atoms with E-state index in [9.17, 15) is 9.18 Å². The minimum absolute atomic E-state index is 0.229. The van der Waals surface area contributed by atoms with Gasteiger partial charge in [0.15, 0.2) is 5.82 Å². The predicted octanol–water partition coefficient (Wildman–Crippen LogP) is 1.63. The molecule has 1 atom stereocenters. The van der Waals surface area contributed by atoms with E-state index in [-0.39, 0.29) is 11.5 Å². The lowest BCUT2D eigenvalue weighted by atomic mass is 9.98. The second-order valence-corrected chi connectivity index (χ2v) is 5.86. The van der Waals surface area contributed by atoms with E-state index < -0.39 is 11.4 Å². The molecule has 2 heterocycles. The Morgan fingerprint density at radius 2 is 2.33 bits per heavy atom. The Kier molecular flexibility index (Phi) is 3.93. The number of benzene rings is 1. The lowest BCUT2D eigenvalue weighted by molar-refractivity contribution is -0.121. The number of carbonyl (C=O) groups is 1.